The molecule has 1 aromatic rings. The van der Waals surface area contributed by atoms with E-state index in [1.54, 1.807) is 31.2 Å². The van der Waals surface area contributed by atoms with Crippen molar-refractivity contribution in [1.29, 1.82) is 0 Å². The molecule has 0 bridgehead atoms. The van der Waals surface area contributed by atoms with Crippen LogP contribution in [0.3, 0.4) is 0 Å². The fourth-order valence-corrected chi connectivity index (χ4v) is 2.09. The molecule has 0 aliphatic rings. The molecule has 1 aromatic carbocycles. The van der Waals surface area contributed by atoms with Crippen LogP contribution in [0.2, 0.25) is 0 Å². The maximum Gasteiger partial charge on any atom is 0.335 e. The molecule has 2 N–H and O–H groups in total. The van der Waals surface area contributed by atoms with Crippen molar-refractivity contribution in [3.05, 3.63) is 35.4 Å². The maximum atomic E-state index is 11.0. The van der Waals surface area contributed by atoms with Gasteiger partial charge in [-0.3, -0.25) is 9.69 Å². The number of hydrogen-bond donors (Lipinski definition) is 2. The van der Waals surface area contributed by atoms with Gasteiger partial charge in [-0.05, 0) is 30.7 Å². The second-order valence-corrected chi connectivity index (χ2v) is 5.33. The second-order valence-electron chi connectivity index (χ2n) is 5.33. The molecule has 0 aliphatic carbocycles. The Bertz CT molecular complexity index is 470. The standard InChI is InChI=1S/C16H23NO4/c1-3-4-9-17(10-12(2)15(18)19)11-13-5-7-14(8-6-13)16(20)21/h5-8,12H,3-4,9-11H2,1-2H3,(H,18,19)(H,20,21). The monoisotopic (exact) mass is 293 g/mol. The summed E-state index contributed by atoms with van der Waals surface area (Å²) in [6.07, 6.45) is 2.06. The maximum absolute atomic E-state index is 11.0. The summed E-state index contributed by atoms with van der Waals surface area (Å²) in [5.41, 5.74) is 1.26. The molecule has 0 saturated carbocycles. The lowest BCUT2D eigenvalue weighted by Crippen LogP contribution is -2.32. The average molecular weight is 293 g/mol. The SMILES string of the molecule is CCCCN(Cc1ccc(C(=O)O)cc1)CC(C)C(=O)O. The van der Waals surface area contributed by atoms with Crippen molar-refractivity contribution in [2.45, 2.75) is 33.2 Å². The molecule has 1 atom stereocenters. The summed E-state index contributed by atoms with van der Waals surface area (Å²) in [5, 5.41) is 17.9. The van der Waals surface area contributed by atoms with E-state index in [2.05, 4.69) is 11.8 Å². The first-order chi connectivity index (χ1) is 9.93. The third kappa shape index (κ3) is 5.95. The fourth-order valence-electron chi connectivity index (χ4n) is 2.09. The summed E-state index contributed by atoms with van der Waals surface area (Å²) in [6.45, 7) is 5.78. The summed E-state index contributed by atoms with van der Waals surface area (Å²) >= 11 is 0. The number of unbranched alkanes of at least 4 members (excludes halogenated alkanes) is 1. The van der Waals surface area contributed by atoms with E-state index in [1.807, 2.05) is 0 Å². The Balaban J connectivity index is 2.70. The van der Waals surface area contributed by atoms with E-state index in [-0.39, 0.29) is 5.56 Å². The minimum Gasteiger partial charge on any atom is -0.481 e. The number of hydrogen-bond acceptors (Lipinski definition) is 3. The number of carbonyl (C=O) groups is 2. The molecule has 5 heteroatoms. The van der Waals surface area contributed by atoms with Gasteiger partial charge in [-0.25, -0.2) is 4.79 Å². The van der Waals surface area contributed by atoms with Crippen molar-refractivity contribution in [2.75, 3.05) is 13.1 Å². The van der Waals surface area contributed by atoms with Crippen LogP contribution in [0, 0.1) is 5.92 Å². The average Bonchev–Trinajstić information content (AvgIpc) is 2.45. The van der Waals surface area contributed by atoms with Crippen LogP contribution >= 0.6 is 0 Å². The van der Waals surface area contributed by atoms with Gasteiger partial charge in [0, 0.05) is 13.1 Å². The van der Waals surface area contributed by atoms with Crippen molar-refractivity contribution in [3.8, 4) is 0 Å². The quantitative estimate of drug-likeness (QED) is 0.732. The summed E-state index contributed by atoms with van der Waals surface area (Å²) in [6, 6.07) is 6.73. The van der Waals surface area contributed by atoms with Gasteiger partial charge in [-0.2, -0.15) is 0 Å². The van der Waals surface area contributed by atoms with Gasteiger partial charge in [0.1, 0.15) is 0 Å². The summed E-state index contributed by atoms with van der Waals surface area (Å²) in [4.78, 5) is 23.9. The predicted molar refractivity (Wildman–Crippen MR) is 80.4 cm³/mol. The van der Waals surface area contributed by atoms with Crippen LogP contribution in [0.4, 0.5) is 0 Å². The first-order valence-electron chi connectivity index (χ1n) is 7.21. The van der Waals surface area contributed by atoms with E-state index in [0.717, 1.165) is 24.9 Å². The number of nitrogens with zero attached hydrogens (tertiary/aromatic N) is 1. The van der Waals surface area contributed by atoms with Crippen LogP contribution in [0.25, 0.3) is 0 Å². The highest BCUT2D eigenvalue weighted by Gasteiger charge is 2.16. The highest BCUT2D eigenvalue weighted by Crippen LogP contribution is 2.11. The molecule has 0 aliphatic heterocycles. The molecule has 5 nitrogen and oxygen atoms in total. The van der Waals surface area contributed by atoms with Crippen LogP contribution < -0.4 is 0 Å². The molecule has 0 radical (unpaired) electrons. The smallest absolute Gasteiger partial charge is 0.335 e. The van der Waals surface area contributed by atoms with Crippen LogP contribution in [-0.4, -0.2) is 40.1 Å². The van der Waals surface area contributed by atoms with Crippen LogP contribution in [0.5, 0.6) is 0 Å². The van der Waals surface area contributed by atoms with Crippen molar-refractivity contribution in [3.63, 3.8) is 0 Å². The van der Waals surface area contributed by atoms with E-state index in [1.165, 1.54) is 0 Å². The lowest BCUT2D eigenvalue weighted by atomic mass is 10.1. The van der Waals surface area contributed by atoms with E-state index in [0.29, 0.717) is 13.1 Å². The molecule has 0 heterocycles. The number of carboxylic acid groups (broad SMARTS) is 2. The number of carboxylic acids is 2. The molecule has 0 saturated heterocycles. The van der Waals surface area contributed by atoms with Gasteiger partial charge in [-0.15, -0.1) is 0 Å². The third-order valence-corrected chi connectivity index (χ3v) is 3.39. The van der Waals surface area contributed by atoms with Gasteiger partial charge in [-0.1, -0.05) is 32.4 Å². The zero-order chi connectivity index (χ0) is 15.8. The molecular weight excluding hydrogens is 270 g/mol. The van der Waals surface area contributed by atoms with Gasteiger partial charge in [0.05, 0.1) is 11.5 Å². The van der Waals surface area contributed by atoms with Gasteiger partial charge in [0.25, 0.3) is 0 Å². The number of aromatic carboxylic acids is 1. The zero-order valence-electron chi connectivity index (χ0n) is 12.6. The number of aliphatic carboxylic acids is 1. The minimum atomic E-state index is -0.941. The Morgan fingerprint density at radius 3 is 2.29 bits per heavy atom. The first-order valence-corrected chi connectivity index (χ1v) is 7.21. The zero-order valence-corrected chi connectivity index (χ0v) is 12.6. The van der Waals surface area contributed by atoms with E-state index in [4.69, 9.17) is 10.2 Å². The lowest BCUT2D eigenvalue weighted by molar-refractivity contribution is -0.141. The fraction of sp³-hybridized carbons (Fsp3) is 0.500. The van der Waals surface area contributed by atoms with Crippen molar-refractivity contribution in [2.24, 2.45) is 5.92 Å². The molecule has 0 aromatic heterocycles. The van der Waals surface area contributed by atoms with Crippen molar-refractivity contribution in [1.82, 2.24) is 4.90 Å². The Hall–Kier alpha value is -1.88. The Labute approximate surface area is 125 Å². The molecule has 0 spiro atoms. The highest BCUT2D eigenvalue weighted by atomic mass is 16.4. The number of benzene rings is 1. The van der Waals surface area contributed by atoms with Crippen LogP contribution in [0.1, 0.15) is 42.6 Å². The summed E-state index contributed by atoms with van der Waals surface area (Å²) in [7, 11) is 0. The molecular formula is C16H23NO4. The van der Waals surface area contributed by atoms with Crippen molar-refractivity contribution >= 4 is 11.9 Å². The van der Waals surface area contributed by atoms with Crippen molar-refractivity contribution < 1.29 is 19.8 Å². The third-order valence-electron chi connectivity index (χ3n) is 3.39. The van der Waals surface area contributed by atoms with Gasteiger partial charge in [0.2, 0.25) is 0 Å². The van der Waals surface area contributed by atoms with Crippen LogP contribution in [0.15, 0.2) is 24.3 Å². The van der Waals surface area contributed by atoms with Crippen LogP contribution in [-0.2, 0) is 11.3 Å². The Morgan fingerprint density at radius 2 is 1.81 bits per heavy atom. The largest absolute Gasteiger partial charge is 0.481 e. The predicted octanol–water partition coefficient (Wildman–Crippen LogP) is 2.71. The number of rotatable bonds is 9. The minimum absolute atomic E-state index is 0.262. The molecule has 1 unspecified atom stereocenters. The molecule has 0 amide bonds. The first kappa shape index (κ1) is 17.2. The summed E-state index contributed by atoms with van der Waals surface area (Å²) in [5.74, 6) is -2.15. The Morgan fingerprint density at radius 1 is 1.19 bits per heavy atom. The van der Waals surface area contributed by atoms with Gasteiger partial charge < -0.3 is 10.2 Å². The van der Waals surface area contributed by atoms with E-state index < -0.39 is 17.9 Å². The topological polar surface area (TPSA) is 77.8 Å². The highest BCUT2D eigenvalue weighted by molar-refractivity contribution is 5.87. The molecule has 1 rings (SSSR count). The van der Waals surface area contributed by atoms with E-state index in [9.17, 15) is 9.59 Å². The second kappa shape index (κ2) is 8.42. The molecule has 21 heavy (non-hydrogen) atoms. The van der Waals surface area contributed by atoms with Gasteiger partial charge >= 0.3 is 11.9 Å². The van der Waals surface area contributed by atoms with E-state index >= 15 is 0 Å². The molecule has 0 fully saturated rings. The lowest BCUT2D eigenvalue weighted by Gasteiger charge is -2.24. The Kier molecular flexibility index (Phi) is 6.88. The summed E-state index contributed by atoms with van der Waals surface area (Å²) < 4.78 is 0. The van der Waals surface area contributed by atoms with Gasteiger partial charge in [0.15, 0.2) is 0 Å². The molecule has 116 valence electrons. The normalized spacial score (nSPS) is 12.3.